The maximum absolute atomic E-state index is 11.8. The first-order valence-corrected chi connectivity index (χ1v) is 6.35. The number of carbonyl (C=O) groups excluding carboxylic acids is 2. The largest absolute Gasteiger partial charge is 0.381 e. The molecule has 1 N–H and O–H groups in total. The molecule has 5 nitrogen and oxygen atoms in total. The van der Waals surface area contributed by atoms with Gasteiger partial charge in [0.25, 0.3) is 0 Å². The predicted molar refractivity (Wildman–Crippen MR) is 62.7 cm³/mol. The molecule has 2 fully saturated rings. The molecule has 2 aliphatic rings. The first-order chi connectivity index (χ1) is 8.24. The third-order valence-electron chi connectivity index (χ3n) is 3.37. The number of hydrogen-bond acceptors (Lipinski definition) is 4. The molecule has 2 heterocycles. The summed E-state index contributed by atoms with van der Waals surface area (Å²) in [6.45, 7) is 3.34. The topological polar surface area (TPSA) is 58.6 Å². The lowest BCUT2D eigenvalue weighted by molar-refractivity contribution is -0.127. The van der Waals surface area contributed by atoms with Crippen molar-refractivity contribution in [2.75, 3.05) is 32.8 Å². The standard InChI is InChI=1S/C12H20N2O3/c15-11-1-5-14(6-2-11)9-12(16)13-10-3-7-17-8-4-10/h10H,1-9H2,(H,13,16). The Bertz CT molecular complexity index is 277. The van der Waals surface area contributed by atoms with Crippen LogP contribution in [0.4, 0.5) is 0 Å². The highest BCUT2D eigenvalue weighted by Gasteiger charge is 2.20. The summed E-state index contributed by atoms with van der Waals surface area (Å²) in [4.78, 5) is 24.9. The Morgan fingerprint density at radius 2 is 1.94 bits per heavy atom. The van der Waals surface area contributed by atoms with E-state index in [0.717, 1.165) is 39.1 Å². The Morgan fingerprint density at radius 1 is 1.29 bits per heavy atom. The van der Waals surface area contributed by atoms with Crippen LogP contribution in [-0.4, -0.2) is 55.5 Å². The summed E-state index contributed by atoms with van der Waals surface area (Å²) >= 11 is 0. The van der Waals surface area contributed by atoms with Crippen molar-refractivity contribution in [2.24, 2.45) is 0 Å². The number of amides is 1. The minimum absolute atomic E-state index is 0.0752. The molecule has 2 aliphatic heterocycles. The van der Waals surface area contributed by atoms with Gasteiger partial charge in [-0.05, 0) is 12.8 Å². The van der Waals surface area contributed by atoms with Crippen LogP contribution < -0.4 is 5.32 Å². The second-order valence-electron chi connectivity index (χ2n) is 4.77. The molecule has 2 saturated heterocycles. The molecular formula is C12H20N2O3. The number of Topliss-reactive ketones (excluding diaryl/α,β-unsaturated/α-hetero) is 1. The van der Waals surface area contributed by atoms with Crippen molar-refractivity contribution in [3.05, 3.63) is 0 Å². The SMILES string of the molecule is O=C1CCN(CC(=O)NC2CCOCC2)CC1. The highest BCUT2D eigenvalue weighted by atomic mass is 16.5. The third-order valence-corrected chi connectivity index (χ3v) is 3.37. The molecule has 0 spiro atoms. The van der Waals surface area contributed by atoms with Gasteiger partial charge in [0.15, 0.2) is 0 Å². The molecule has 0 radical (unpaired) electrons. The van der Waals surface area contributed by atoms with Crippen LogP contribution in [-0.2, 0) is 14.3 Å². The number of ether oxygens (including phenoxy) is 1. The second kappa shape index (κ2) is 6.12. The van der Waals surface area contributed by atoms with Crippen molar-refractivity contribution in [1.82, 2.24) is 10.2 Å². The van der Waals surface area contributed by atoms with Gasteiger partial charge in [0.1, 0.15) is 5.78 Å². The Balaban J connectivity index is 1.67. The molecule has 0 bridgehead atoms. The van der Waals surface area contributed by atoms with E-state index in [2.05, 4.69) is 10.2 Å². The average molecular weight is 240 g/mol. The summed E-state index contributed by atoms with van der Waals surface area (Å²) < 4.78 is 5.24. The van der Waals surface area contributed by atoms with Crippen LogP contribution >= 0.6 is 0 Å². The number of hydrogen-bond donors (Lipinski definition) is 1. The summed E-state index contributed by atoms with van der Waals surface area (Å²) in [5.74, 6) is 0.386. The maximum Gasteiger partial charge on any atom is 0.234 e. The molecule has 0 aromatic rings. The van der Waals surface area contributed by atoms with Crippen molar-refractivity contribution in [2.45, 2.75) is 31.7 Å². The van der Waals surface area contributed by atoms with Gasteiger partial charge in [-0.15, -0.1) is 0 Å². The average Bonchev–Trinajstić information content (AvgIpc) is 2.33. The van der Waals surface area contributed by atoms with E-state index in [1.165, 1.54) is 0 Å². The highest BCUT2D eigenvalue weighted by Crippen LogP contribution is 2.07. The van der Waals surface area contributed by atoms with Crippen molar-refractivity contribution in [3.63, 3.8) is 0 Å². The van der Waals surface area contributed by atoms with Gasteiger partial charge < -0.3 is 10.1 Å². The van der Waals surface area contributed by atoms with E-state index in [1.807, 2.05) is 0 Å². The van der Waals surface area contributed by atoms with Crippen molar-refractivity contribution in [1.29, 1.82) is 0 Å². The molecule has 0 aliphatic carbocycles. The normalized spacial score (nSPS) is 23.6. The number of piperidine rings is 1. The molecule has 1 amide bonds. The zero-order valence-electron chi connectivity index (χ0n) is 10.1. The van der Waals surface area contributed by atoms with Crippen molar-refractivity contribution < 1.29 is 14.3 Å². The molecule has 0 aromatic heterocycles. The van der Waals surface area contributed by atoms with Gasteiger partial charge in [-0.25, -0.2) is 0 Å². The number of carbonyl (C=O) groups is 2. The molecule has 5 heteroatoms. The fourth-order valence-electron chi connectivity index (χ4n) is 2.28. The number of nitrogens with zero attached hydrogens (tertiary/aromatic N) is 1. The lowest BCUT2D eigenvalue weighted by Gasteiger charge is -2.27. The third kappa shape index (κ3) is 4.09. The smallest absolute Gasteiger partial charge is 0.234 e. The van der Waals surface area contributed by atoms with Crippen LogP contribution in [0.3, 0.4) is 0 Å². The molecule has 0 aromatic carbocycles. The predicted octanol–water partition coefficient (Wildman–Crippen LogP) is -0.0535. The Labute approximate surface area is 101 Å². The number of rotatable bonds is 3. The van der Waals surface area contributed by atoms with Gasteiger partial charge in [-0.3, -0.25) is 14.5 Å². The Morgan fingerprint density at radius 3 is 2.59 bits per heavy atom. The van der Waals surface area contributed by atoms with Gasteiger partial charge >= 0.3 is 0 Å². The fourth-order valence-corrected chi connectivity index (χ4v) is 2.28. The number of ketones is 1. The molecule has 17 heavy (non-hydrogen) atoms. The molecule has 2 rings (SSSR count). The van der Waals surface area contributed by atoms with Gasteiger partial charge in [0.2, 0.25) is 5.91 Å². The van der Waals surface area contributed by atoms with E-state index in [4.69, 9.17) is 4.74 Å². The summed E-state index contributed by atoms with van der Waals surface area (Å²) in [5, 5.41) is 3.03. The summed E-state index contributed by atoms with van der Waals surface area (Å²) in [6, 6.07) is 0.266. The summed E-state index contributed by atoms with van der Waals surface area (Å²) in [5.41, 5.74) is 0. The highest BCUT2D eigenvalue weighted by molar-refractivity contribution is 5.81. The summed E-state index contributed by atoms with van der Waals surface area (Å²) in [7, 11) is 0. The van der Waals surface area contributed by atoms with E-state index < -0.39 is 0 Å². The lowest BCUT2D eigenvalue weighted by Crippen LogP contribution is -2.46. The van der Waals surface area contributed by atoms with E-state index in [-0.39, 0.29) is 11.9 Å². The van der Waals surface area contributed by atoms with Crippen molar-refractivity contribution in [3.8, 4) is 0 Å². The van der Waals surface area contributed by atoms with E-state index in [0.29, 0.717) is 25.2 Å². The molecule has 0 unspecified atom stereocenters. The van der Waals surface area contributed by atoms with Gasteiger partial charge in [0.05, 0.1) is 6.54 Å². The quantitative estimate of drug-likeness (QED) is 0.751. The molecule has 0 atom stereocenters. The van der Waals surface area contributed by atoms with E-state index in [1.54, 1.807) is 0 Å². The Kier molecular flexibility index (Phi) is 4.50. The van der Waals surface area contributed by atoms with Crippen LogP contribution in [0.2, 0.25) is 0 Å². The first kappa shape index (κ1) is 12.5. The first-order valence-electron chi connectivity index (χ1n) is 6.35. The molecular weight excluding hydrogens is 220 g/mol. The van der Waals surface area contributed by atoms with Crippen molar-refractivity contribution >= 4 is 11.7 Å². The molecule has 0 saturated carbocycles. The maximum atomic E-state index is 11.8. The minimum atomic E-state index is 0.0752. The number of likely N-dealkylation sites (tertiary alicyclic amines) is 1. The van der Waals surface area contributed by atoms with E-state index in [9.17, 15) is 9.59 Å². The van der Waals surface area contributed by atoms with Crippen LogP contribution in [0.25, 0.3) is 0 Å². The summed E-state index contributed by atoms with van der Waals surface area (Å²) in [6.07, 6.45) is 2.99. The van der Waals surface area contributed by atoms with Gasteiger partial charge in [-0.1, -0.05) is 0 Å². The van der Waals surface area contributed by atoms with E-state index >= 15 is 0 Å². The zero-order chi connectivity index (χ0) is 12.1. The molecule has 96 valence electrons. The van der Waals surface area contributed by atoms with Gasteiger partial charge in [0, 0.05) is 45.2 Å². The van der Waals surface area contributed by atoms with Crippen LogP contribution in [0.15, 0.2) is 0 Å². The Hall–Kier alpha value is -0.940. The van der Waals surface area contributed by atoms with Crippen LogP contribution in [0, 0.1) is 0 Å². The zero-order valence-corrected chi connectivity index (χ0v) is 10.1. The lowest BCUT2D eigenvalue weighted by atomic mass is 10.1. The second-order valence-corrected chi connectivity index (χ2v) is 4.77. The van der Waals surface area contributed by atoms with Gasteiger partial charge in [-0.2, -0.15) is 0 Å². The monoisotopic (exact) mass is 240 g/mol. The van der Waals surface area contributed by atoms with Crippen LogP contribution in [0.5, 0.6) is 0 Å². The number of nitrogens with one attached hydrogen (secondary N) is 1. The fraction of sp³-hybridized carbons (Fsp3) is 0.833. The minimum Gasteiger partial charge on any atom is -0.381 e. The van der Waals surface area contributed by atoms with Crippen LogP contribution in [0.1, 0.15) is 25.7 Å².